The Kier molecular flexibility index (Phi) is 10.2. The van der Waals surface area contributed by atoms with E-state index in [1.807, 2.05) is 85.8 Å². The van der Waals surface area contributed by atoms with Gasteiger partial charge in [0.15, 0.2) is 0 Å². The highest BCUT2D eigenvalue weighted by atomic mass is 16.5. The Bertz CT molecular complexity index is 1280. The van der Waals surface area contributed by atoms with E-state index in [2.05, 4.69) is 17.6 Å². The van der Waals surface area contributed by atoms with Crippen molar-refractivity contribution in [3.63, 3.8) is 0 Å². The molecule has 2 N–H and O–H groups in total. The van der Waals surface area contributed by atoms with Crippen molar-refractivity contribution >= 4 is 23.6 Å². The molecule has 210 valence electrons. The molecule has 0 aliphatic carbocycles. The van der Waals surface area contributed by atoms with Crippen LogP contribution in [0.15, 0.2) is 78.9 Å². The largest absolute Gasteiger partial charge is 0.489 e. The van der Waals surface area contributed by atoms with Crippen molar-refractivity contribution in [2.24, 2.45) is 0 Å². The number of hydrogen-bond donors (Lipinski definition) is 2. The minimum atomic E-state index is -0.853. The molecule has 0 spiro atoms. The first-order valence-corrected chi connectivity index (χ1v) is 13.9. The number of carbonyl (C=O) groups excluding carboxylic acids is 3. The summed E-state index contributed by atoms with van der Waals surface area (Å²) in [6.45, 7) is 4.91. The minimum absolute atomic E-state index is 0.0953. The van der Waals surface area contributed by atoms with Crippen LogP contribution in [0.5, 0.6) is 5.75 Å². The van der Waals surface area contributed by atoms with Crippen LogP contribution in [-0.4, -0.2) is 36.5 Å². The van der Waals surface area contributed by atoms with Crippen LogP contribution in [0.25, 0.3) is 0 Å². The van der Waals surface area contributed by atoms with Gasteiger partial charge in [0.25, 0.3) is 0 Å². The normalized spacial score (nSPS) is 14.7. The number of anilines is 1. The second-order valence-corrected chi connectivity index (χ2v) is 9.80. The molecule has 1 aliphatic heterocycles. The van der Waals surface area contributed by atoms with E-state index in [1.165, 1.54) is 4.90 Å². The Hall–Kier alpha value is -4.33. The Morgan fingerprint density at radius 3 is 2.25 bits per heavy atom. The van der Waals surface area contributed by atoms with E-state index in [1.54, 1.807) is 0 Å². The van der Waals surface area contributed by atoms with Gasteiger partial charge in [0, 0.05) is 18.7 Å². The SMILES string of the molecule is CCCCNC(=O)[C@@H]1Cc2cc(OCc3ccccc3)ccc2N1C(=O)C(CC)NC(=O)OCc1ccccc1. The Balaban J connectivity index is 1.49. The zero-order valence-corrected chi connectivity index (χ0v) is 23.1. The molecule has 3 aromatic carbocycles. The van der Waals surface area contributed by atoms with Crippen LogP contribution in [0.1, 0.15) is 49.8 Å². The van der Waals surface area contributed by atoms with Gasteiger partial charge in [-0.15, -0.1) is 0 Å². The van der Waals surface area contributed by atoms with E-state index in [4.69, 9.17) is 9.47 Å². The number of nitrogens with zero attached hydrogens (tertiary/aromatic N) is 1. The maximum absolute atomic E-state index is 13.8. The lowest BCUT2D eigenvalue weighted by atomic mass is 10.1. The van der Waals surface area contributed by atoms with Crippen molar-refractivity contribution in [2.45, 2.75) is 64.8 Å². The molecule has 0 saturated carbocycles. The molecule has 1 unspecified atom stereocenters. The summed E-state index contributed by atoms with van der Waals surface area (Å²) in [6, 6.07) is 23.1. The third-order valence-corrected chi connectivity index (χ3v) is 6.86. The van der Waals surface area contributed by atoms with Crippen LogP contribution in [-0.2, 0) is 34.0 Å². The Labute approximate surface area is 235 Å². The van der Waals surface area contributed by atoms with E-state index in [0.29, 0.717) is 37.4 Å². The highest BCUT2D eigenvalue weighted by Gasteiger charge is 2.41. The van der Waals surface area contributed by atoms with E-state index in [-0.39, 0.29) is 18.4 Å². The first kappa shape index (κ1) is 28.7. The average molecular weight is 544 g/mol. The first-order valence-electron chi connectivity index (χ1n) is 13.9. The number of ether oxygens (including phenoxy) is 2. The standard InChI is InChI=1S/C32H37N3O5/c1-3-5-18-33-30(36)29-20-25-19-26(39-21-23-12-8-6-9-13-23)16-17-28(25)35(29)31(37)27(4-2)34-32(38)40-22-24-14-10-7-11-15-24/h6-17,19,27,29H,3-5,18,20-22H2,1-2H3,(H,33,36)(H,34,38)/t27?,29-/m0/s1. The molecular weight excluding hydrogens is 506 g/mol. The molecule has 2 atom stereocenters. The van der Waals surface area contributed by atoms with Crippen LogP contribution >= 0.6 is 0 Å². The van der Waals surface area contributed by atoms with Crippen LogP contribution in [0.3, 0.4) is 0 Å². The fourth-order valence-electron chi connectivity index (χ4n) is 4.66. The van der Waals surface area contributed by atoms with Crippen molar-refractivity contribution in [1.29, 1.82) is 0 Å². The fourth-order valence-corrected chi connectivity index (χ4v) is 4.66. The number of amides is 3. The zero-order chi connectivity index (χ0) is 28.3. The van der Waals surface area contributed by atoms with E-state index in [0.717, 1.165) is 29.5 Å². The van der Waals surface area contributed by atoms with Crippen molar-refractivity contribution in [1.82, 2.24) is 10.6 Å². The van der Waals surface area contributed by atoms with E-state index < -0.39 is 18.2 Å². The number of fused-ring (bicyclic) bond motifs is 1. The second kappa shape index (κ2) is 14.2. The van der Waals surface area contributed by atoms with Crippen LogP contribution in [0, 0.1) is 0 Å². The quantitative estimate of drug-likeness (QED) is 0.308. The summed E-state index contributed by atoms with van der Waals surface area (Å²) in [7, 11) is 0. The Morgan fingerprint density at radius 1 is 0.925 bits per heavy atom. The van der Waals surface area contributed by atoms with Gasteiger partial charge in [0.2, 0.25) is 11.8 Å². The maximum Gasteiger partial charge on any atom is 0.408 e. The monoisotopic (exact) mass is 543 g/mol. The highest BCUT2D eigenvalue weighted by Crippen LogP contribution is 2.36. The van der Waals surface area contributed by atoms with E-state index >= 15 is 0 Å². The maximum atomic E-state index is 13.8. The number of unbranched alkanes of at least 4 members (excludes halogenated alkanes) is 1. The van der Waals surface area contributed by atoms with Crippen molar-refractivity contribution in [3.05, 3.63) is 95.6 Å². The summed E-state index contributed by atoms with van der Waals surface area (Å²) in [5.74, 6) is 0.0921. The summed E-state index contributed by atoms with van der Waals surface area (Å²) < 4.78 is 11.3. The van der Waals surface area contributed by atoms with Gasteiger partial charge in [-0.1, -0.05) is 80.9 Å². The number of benzene rings is 3. The molecular formula is C32H37N3O5. The van der Waals surface area contributed by atoms with Gasteiger partial charge in [-0.05, 0) is 47.7 Å². The molecule has 3 amide bonds. The number of alkyl carbamates (subject to hydrolysis) is 1. The molecule has 3 aromatic rings. The molecule has 0 radical (unpaired) electrons. The summed E-state index contributed by atoms with van der Waals surface area (Å²) in [4.78, 5) is 41.2. The zero-order valence-electron chi connectivity index (χ0n) is 23.1. The molecule has 0 fully saturated rings. The van der Waals surface area contributed by atoms with Gasteiger partial charge in [0.05, 0.1) is 0 Å². The third kappa shape index (κ3) is 7.40. The second-order valence-electron chi connectivity index (χ2n) is 9.80. The average Bonchev–Trinajstić information content (AvgIpc) is 3.37. The summed E-state index contributed by atoms with van der Waals surface area (Å²) in [5, 5.41) is 5.66. The number of rotatable bonds is 12. The molecule has 40 heavy (non-hydrogen) atoms. The topological polar surface area (TPSA) is 97.0 Å². The molecule has 0 saturated heterocycles. The van der Waals surface area contributed by atoms with Gasteiger partial charge in [-0.2, -0.15) is 0 Å². The summed E-state index contributed by atoms with van der Waals surface area (Å²) in [5.41, 5.74) is 3.38. The number of hydrogen-bond acceptors (Lipinski definition) is 5. The molecule has 0 aromatic heterocycles. The first-order chi connectivity index (χ1) is 19.5. The van der Waals surface area contributed by atoms with Crippen molar-refractivity contribution < 1.29 is 23.9 Å². The lowest BCUT2D eigenvalue weighted by Gasteiger charge is -2.29. The predicted molar refractivity (Wildman–Crippen MR) is 154 cm³/mol. The predicted octanol–water partition coefficient (Wildman–Crippen LogP) is 5.14. The van der Waals surface area contributed by atoms with Gasteiger partial charge >= 0.3 is 6.09 Å². The molecule has 8 heteroatoms. The van der Waals surface area contributed by atoms with Crippen LogP contribution in [0.4, 0.5) is 10.5 Å². The third-order valence-electron chi connectivity index (χ3n) is 6.86. The lowest BCUT2D eigenvalue weighted by Crippen LogP contribution is -2.55. The lowest BCUT2D eigenvalue weighted by molar-refractivity contribution is -0.127. The van der Waals surface area contributed by atoms with Crippen molar-refractivity contribution in [3.8, 4) is 5.75 Å². The number of carbonyl (C=O) groups is 3. The van der Waals surface area contributed by atoms with Gasteiger partial charge in [0.1, 0.15) is 31.0 Å². The number of nitrogens with one attached hydrogen (secondary N) is 2. The molecule has 0 bridgehead atoms. The minimum Gasteiger partial charge on any atom is -0.489 e. The van der Waals surface area contributed by atoms with Gasteiger partial charge in [-0.25, -0.2) is 4.79 Å². The smallest absolute Gasteiger partial charge is 0.408 e. The van der Waals surface area contributed by atoms with Crippen LogP contribution < -0.4 is 20.3 Å². The van der Waals surface area contributed by atoms with Gasteiger partial charge in [-0.3, -0.25) is 14.5 Å². The molecule has 1 aliphatic rings. The van der Waals surface area contributed by atoms with Crippen LogP contribution in [0.2, 0.25) is 0 Å². The highest BCUT2D eigenvalue weighted by molar-refractivity contribution is 6.06. The molecule has 8 nitrogen and oxygen atoms in total. The summed E-state index contributed by atoms with van der Waals surface area (Å²) >= 11 is 0. The Morgan fingerprint density at radius 2 is 1.60 bits per heavy atom. The van der Waals surface area contributed by atoms with E-state index in [9.17, 15) is 14.4 Å². The summed E-state index contributed by atoms with van der Waals surface area (Å²) in [6.07, 6.45) is 1.81. The van der Waals surface area contributed by atoms with Crippen molar-refractivity contribution in [2.75, 3.05) is 11.4 Å². The molecule has 4 rings (SSSR count). The fraction of sp³-hybridized carbons (Fsp3) is 0.344. The molecule has 1 heterocycles. The van der Waals surface area contributed by atoms with Gasteiger partial charge < -0.3 is 20.1 Å².